The second-order valence-electron chi connectivity index (χ2n) is 15.3. The van der Waals surface area contributed by atoms with Crippen LogP contribution in [0.15, 0.2) is 18.2 Å². The number of hydroxylamine groups is 2. The summed E-state index contributed by atoms with van der Waals surface area (Å²) in [6.07, 6.45) is 1.07. The lowest BCUT2D eigenvalue weighted by Crippen LogP contribution is -2.43. The van der Waals surface area contributed by atoms with Gasteiger partial charge in [0.25, 0.3) is 0 Å². The summed E-state index contributed by atoms with van der Waals surface area (Å²) in [7, 11) is 2.98. The van der Waals surface area contributed by atoms with Gasteiger partial charge in [0.05, 0.1) is 27.9 Å². The molecule has 2 aromatic heterocycles. The van der Waals surface area contributed by atoms with Gasteiger partial charge in [-0.25, -0.2) is 23.0 Å². The Morgan fingerprint density at radius 3 is 2.64 bits per heavy atom. The lowest BCUT2D eigenvalue weighted by molar-refractivity contribution is -0.174. The van der Waals surface area contributed by atoms with Crippen LogP contribution in [0.4, 0.5) is 28.8 Å². The lowest BCUT2D eigenvalue weighted by Gasteiger charge is -2.34. The molecular formula is C38H41ClF3N7O5S. The van der Waals surface area contributed by atoms with E-state index in [0.717, 1.165) is 36.8 Å². The van der Waals surface area contributed by atoms with Crippen LogP contribution in [0.25, 0.3) is 32.1 Å². The monoisotopic (exact) mass is 799 g/mol. The first-order chi connectivity index (χ1) is 26.1. The Labute approximate surface area is 325 Å². The van der Waals surface area contributed by atoms with Gasteiger partial charge in [0.15, 0.2) is 5.82 Å². The van der Waals surface area contributed by atoms with Gasteiger partial charge in [-0.2, -0.15) is 15.2 Å². The third kappa shape index (κ3) is 7.35. The van der Waals surface area contributed by atoms with Gasteiger partial charge in [0.2, 0.25) is 5.91 Å². The van der Waals surface area contributed by atoms with Crippen LogP contribution in [0.2, 0.25) is 5.02 Å². The highest BCUT2D eigenvalue weighted by Gasteiger charge is 2.49. The van der Waals surface area contributed by atoms with E-state index >= 15 is 8.78 Å². The van der Waals surface area contributed by atoms with Crippen molar-refractivity contribution in [3.05, 3.63) is 40.4 Å². The molecule has 12 nitrogen and oxygen atoms in total. The van der Waals surface area contributed by atoms with Crippen LogP contribution < -0.4 is 15.0 Å². The number of nitrogens with one attached hydrogen (secondary N) is 1. The molecule has 0 unspecified atom stereocenters. The molecule has 292 valence electrons. The summed E-state index contributed by atoms with van der Waals surface area (Å²) < 4.78 is 58.9. The smallest absolute Gasteiger partial charge is 0.412 e. The van der Waals surface area contributed by atoms with Crippen molar-refractivity contribution in [3.8, 4) is 23.2 Å². The molecule has 0 spiro atoms. The number of anilines is 2. The number of ether oxygens (including phenoxy) is 2. The minimum atomic E-state index is -0.983. The Morgan fingerprint density at radius 2 is 1.95 bits per heavy atom. The topological polar surface area (TPSA) is 133 Å². The highest BCUT2D eigenvalue weighted by molar-refractivity contribution is 7.23. The predicted octanol–water partition coefficient (Wildman–Crippen LogP) is 7.85. The van der Waals surface area contributed by atoms with Crippen LogP contribution in [-0.2, 0) is 14.4 Å². The van der Waals surface area contributed by atoms with Crippen molar-refractivity contribution in [1.82, 2.24) is 19.9 Å². The minimum absolute atomic E-state index is 0.00251. The first kappa shape index (κ1) is 38.8. The zero-order chi connectivity index (χ0) is 39.4. The molecule has 0 aliphatic carbocycles. The van der Waals surface area contributed by atoms with Crippen molar-refractivity contribution in [2.24, 2.45) is 5.92 Å². The van der Waals surface area contributed by atoms with E-state index in [1.54, 1.807) is 27.8 Å². The van der Waals surface area contributed by atoms with Gasteiger partial charge in [-0.3, -0.25) is 19.8 Å². The Balaban J connectivity index is 1.33. The number of nitriles is 1. The first-order valence-corrected chi connectivity index (χ1v) is 19.3. The summed E-state index contributed by atoms with van der Waals surface area (Å²) in [5, 5.41) is 14.3. The van der Waals surface area contributed by atoms with Crippen molar-refractivity contribution >= 4 is 66.7 Å². The molecule has 5 heterocycles. The largest absolute Gasteiger partial charge is 0.461 e. The van der Waals surface area contributed by atoms with E-state index < -0.39 is 35.0 Å². The SMILES string of the molecule is CON(C)C(=O)C1CCN(c2nc(OC[C@@]34CCCN3C[C@H](F)C4)nc3c(F)c(-c4ccc(F)c5sc(NC(=O)OC(C)(C)C)c(C#N)c45)c(Cl)cc23)CC1. The number of rotatable bonds is 8. The molecule has 3 fully saturated rings. The second kappa shape index (κ2) is 14.9. The van der Waals surface area contributed by atoms with E-state index in [1.807, 2.05) is 11.0 Å². The standard InChI is InChI=1S/C38H41ClF3N7O5S/c1-37(2,3)54-36(51)46-33-24(17-43)27-22(7-8-26(41)31(27)55-33)28-25(39)15-23-30(29(28)42)44-35(53-19-38-11-6-12-49(38)18-21(40)16-38)45-32(23)48-13-9-20(10-14-48)34(50)47(4)52-5/h7-8,15,20-21H,6,9-14,16,18-19H2,1-5H3,(H,46,51)/t21-,38+/m1/s1. The maximum Gasteiger partial charge on any atom is 0.412 e. The fourth-order valence-corrected chi connectivity index (χ4v) is 9.38. The van der Waals surface area contributed by atoms with E-state index in [4.69, 9.17) is 30.9 Å². The Hall–Kier alpha value is -4.43. The zero-order valence-corrected chi connectivity index (χ0v) is 32.7. The van der Waals surface area contributed by atoms with Gasteiger partial charge >= 0.3 is 12.1 Å². The molecule has 2 aromatic carbocycles. The number of nitrogens with zero attached hydrogens (tertiary/aromatic N) is 6. The predicted molar refractivity (Wildman–Crippen MR) is 203 cm³/mol. The van der Waals surface area contributed by atoms with Crippen molar-refractivity contribution in [2.75, 3.05) is 57.2 Å². The molecule has 17 heteroatoms. The zero-order valence-electron chi connectivity index (χ0n) is 31.1. The molecule has 2 atom stereocenters. The van der Waals surface area contributed by atoms with Crippen LogP contribution in [0.3, 0.4) is 0 Å². The number of aromatic nitrogens is 2. The van der Waals surface area contributed by atoms with Gasteiger partial charge in [0.1, 0.15) is 46.6 Å². The normalized spacial score (nSPS) is 20.5. The van der Waals surface area contributed by atoms with Crippen molar-refractivity contribution < 1.29 is 37.1 Å². The van der Waals surface area contributed by atoms with Gasteiger partial charge in [-0.1, -0.05) is 17.7 Å². The summed E-state index contributed by atoms with van der Waals surface area (Å²) in [6, 6.07) is 5.93. The van der Waals surface area contributed by atoms with Gasteiger partial charge in [0, 0.05) is 55.4 Å². The molecule has 3 saturated heterocycles. The summed E-state index contributed by atoms with van der Waals surface area (Å²) in [5.41, 5.74) is -1.63. The van der Waals surface area contributed by atoms with Gasteiger partial charge in [-0.15, -0.1) is 11.3 Å². The third-order valence-electron chi connectivity index (χ3n) is 10.6. The number of carbonyl (C=O) groups is 2. The summed E-state index contributed by atoms with van der Waals surface area (Å²) in [6.45, 7) is 7.01. The summed E-state index contributed by atoms with van der Waals surface area (Å²) >= 11 is 7.73. The highest BCUT2D eigenvalue weighted by Crippen LogP contribution is 2.47. The molecule has 0 bridgehead atoms. The van der Waals surface area contributed by atoms with Crippen LogP contribution in [-0.4, -0.2) is 96.2 Å². The van der Waals surface area contributed by atoms with E-state index in [1.165, 1.54) is 24.3 Å². The van der Waals surface area contributed by atoms with Crippen LogP contribution >= 0.6 is 22.9 Å². The van der Waals surface area contributed by atoms with Crippen LogP contribution in [0, 0.1) is 28.9 Å². The van der Waals surface area contributed by atoms with E-state index in [0.29, 0.717) is 44.7 Å². The number of halogens is 4. The van der Waals surface area contributed by atoms with Gasteiger partial charge < -0.3 is 14.4 Å². The van der Waals surface area contributed by atoms with Crippen molar-refractivity contribution in [2.45, 2.75) is 70.2 Å². The summed E-state index contributed by atoms with van der Waals surface area (Å²) in [4.78, 5) is 44.0. The first-order valence-electron chi connectivity index (χ1n) is 18.1. The molecule has 4 aromatic rings. The molecular weight excluding hydrogens is 759 g/mol. The maximum atomic E-state index is 17.3. The number of hydrogen-bond donors (Lipinski definition) is 1. The molecule has 0 saturated carbocycles. The second-order valence-corrected chi connectivity index (χ2v) is 16.7. The molecule has 2 amide bonds. The number of piperidine rings is 1. The van der Waals surface area contributed by atoms with Crippen LogP contribution in [0.1, 0.15) is 58.4 Å². The molecule has 3 aliphatic rings. The lowest BCUT2D eigenvalue weighted by atomic mass is 9.95. The third-order valence-corrected chi connectivity index (χ3v) is 12.0. The van der Waals surface area contributed by atoms with E-state index in [2.05, 4.69) is 15.2 Å². The number of thiophene rings is 1. The number of alkyl halides is 1. The molecule has 7 rings (SSSR count). The van der Waals surface area contributed by atoms with E-state index in [-0.39, 0.29) is 72.1 Å². The minimum Gasteiger partial charge on any atom is -0.461 e. The number of benzene rings is 2. The molecule has 55 heavy (non-hydrogen) atoms. The fraction of sp³-hybridized carbons (Fsp3) is 0.500. The fourth-order valence-electron chi connectivity index (χ4n) is 8.02. The van der Waals surface area contributed by atoms with E-state index in [9.17, 15) is 19.2 Å². The quantitative estimate of drug-likeness (QED) is 0.176. The maximum absolute atomic E-state index is 17.3. The molecule has 3 aliphatic heterocycles. The number of carbonyl (C=O) groups excluding carboxylic acids is 2. The Bertz CT molecular complexity index is 2220. The molecule has 1 N–H and O–H groups in total. The summed E-state index contributed by atoms with van der Waals surface area (Å²) in [5.74, 6) is -1.65. The Kier molecular flexibility index (Phi) is 10.5. The average Bonchev–Trinajstić information content (AvgIpc) is 3.80. The van der Waals surface area contributed by atoms with Crippen molar-refractivity contribution in [1.29, 1.82) is 5.26 Å². The average molecular weight is 800 g/mol. The highest BCUT2D eigenvalue weighted by atomic mass is 35.5. The van der Waals surface area contributed by atoms with Crippen molar-refractivity contribution in [3.63, 3.8) is 0 Å². The molecule has 0 radical (unpaired) electrons. The Morgan fingerprint density at radius 1 is 1.20 bits per heavy atom. The number of hydrogen-bond acceptors (Lipinski definition) is 11. The van der Waals surface area contributed by atoms with Gasteiger partial charge in [-0.05, 0) is 70.7 Å². The number of fused-ring (bicyclic) bond motifs is 3. The van der Waals surface area contributed by atoms with Crippen LogP contribution in [0.5, 0.6) is 6.01 Å². The number of amides is 2.